The van der Waals surface area contributed by atoms with E-state index in [-0.39, 0.29) is 5.41 Å². The van der Waals surface area contributed by atoms with Crippen molar-refractivity contribution < 1.29 is 9.90 Å². The van der Waals surface area contributed by atoms with E-state index >= 15 is 0 Å². The van der Waals surface area contributed by atoms with Crippen molar-refractivity contribution in [1.29, 1.82) is 0 Å². The Morgan fingerprint density at radius 3 is 2.73 bits per heavy atom. The first-order valence-electron chi connectivity index (χ1n) is 9.29. The van der Waals surface area contributed by atoms with Gasteiger partial charge in [-0.15, -0.1) is 0 Å². The number of aliphatic hydroxyl groups is 1. The maximum absolute atomic E-state index is 11.8. The van der Waals surface area contributed by atoms with Crippen LogP contribution in [0.4, 0.5) is 0 Å². The summed E-state index contributed by atoms with van der Waals surface area (Å²) in [7, 11) is 0. The van der Waals surface area contributed by atoms with Crippen molar-refractivity contribution in [3.63, 3.8) is 0 Å². The van der Waals surface area contributed by atoms with Crippen LogP contribution in [0.15, 0.2) is 11.6 Å². The predicted octanol–water partition coefficient (Wildman–Crippen LogP) is 4.13. The molecule has 3 fully saturated rings. The zero-order chi connectivity index (χ0) is 15.7. The quantitative estimate of drug-likeness (QED) is 0.730. The minimum absolute atomic E-state index is 0.105. The van der Waals surface area contributed by atoms with Crippen LogP contribution in [0.5, 0.6) is 0 Å². The van der Waals surface area contributed by atoms with Crippen LogP contribution >= 0.6 is 0 Å². The van der Waals surface area contributed by atoms with Crippen LogP contribution in [-0.4, -0.2) is 16.5 Å². The lowest BCUT2D eigenvalue weighted by Crippen LogP contribution is -2.53. The first-order chi connectivity index (χ1) is 10.3. The summed E-state index contributed by atoms with van der Waals surface area (Å²) in [6.45, 7) is 6.82. The molecule has 0 heterocycles. The Balaban J connectivity index is 1.69. The molecule has 0 aromatic carbocycles. The molecule has 1 N–H and O–H groups in total. The number of rotatable bonds is 0. The van der Waals surface area contributed by atoms with Crippen molar-refractivity contribution in [3.8, 4) is 0 Å². The first kappa shape index (κ1) is 14.9. The lowest BCUT2D eigenvalue weighted by Gasteiger charge is -2.57. The average molecular weight is 302 g/mol. The van der Waals surface area contributed by atoms with Crippen molar-refractivity contribution in [2.24, 2.45) is 35.0 Å². The summed E-state index contributed by atoms with van der Waals surface area (Å²) >= 11 is 0. The number of carbonyl (C=O) groups excluding carboxylic acids is 1. The van der Waals surface area contributed by atoms with Crippen LogP contribution < -0.4 is 0 Å². The molecular weight excluding hydrogens is 272 g/mol. The van der Waals surface area contributed by atoms with Crippen LogP contribution in [0.25, 0.3) is 0 Å². The maximum Gasteiger partial charge on any atom is 0.155 e. The second-order valence-electron chi connectivity index (χ2n) is 9.13. The largest absolute Gasteiger partial charge is 0.390 e. The second-order valence-corrected chi connectivity index (χ2v) is 9.13. The highest BCUT2D eigenvalue weighted by molar-refractivity contribution is 5.91. The van der Waals surface area contributed by atoms with Gasteiger partial charge in [-0.3, -0.25) is 4.79 Å². The number of hydrogen-bond donors (Lipinski definition) is 1. The molecule has 5 unspecified atom stereocenters. The smallest absolute Gasteiger partial charge is 0.155 e. The van der Waals surface area contributed by atoms with E-state index in [4.69, 9.17) is 0 Å². The molecule has 7 atom stereocenters. The third kappa shape index (κ3) is 1.85. The molecule has 3 saturated carbocycles. The van der Waals surface area contributed by atoms with Gasteiger partial charge in [-0.25, -0.2) is 0 Å². The van der Waals surface area contributed by atoms with Crippen LogP contribution in [0, 0.1) is 35.0 Å². The minimum Gasteiger partial charge on any atom is -0.390 e. The average Bonchev–Trinajstić information content (AvgIpc) is 2.69. The van der Waals surface area contributed by atoms with E-state index in [1.165, 1.54) is 18.4 Å². The highest BCUT2D eigenvalue weighted by Gasteiger charge is 2.61. The number of carbonyl (C=O) groups is 1. The van der Waals surface area contributed by atoms with Crippen LogP contribution in [0.3, 0.4) is 0 Å². The third-order valence-corrected chi connectivity index (χ3v) is 8.20. The molecule has 0 amide bonds. The van der Waals surface area contributed by atoms with E-state index in [0.717, 1.165) is 43.9 Å². The molecule has 4 aliphatic rings. The van der Waals surface area contributed by atoms with Gasteiger partial charge in [0.1, 0.15) is 0 Å². The van der Waals surface area contributed by atoms with Gasteiger partial charge in [0.25, 0.3) is 0 Å². The Morgan fingerprint density at radius 1 is 1.18 bits per heavy atom. The highest BCUT2D eigenvalue weighted by atomic mass is 16.3. The standard InChI is InChI=1S/C20H30O2/c1-12-10-13-11-14(21)4-5-15(13)16-6-8-19(2)17(18(12)16)7-9-20(19,3)22/h11-12,15-18,22H,4-10H2,1-3H3/t12-,15?,16?,17?,18?,19?,20+/m1/s1. The SMILES string of the molecule is C[C@@H]1CC2=CC(=O)CCC2C2CCC3(C)C(CC[C@]3(C)O)C21. The number of hydrogen-bond acceptors (Lipinski definition) is 2. The molecule has 22 heavy (non-hydrogen) atoms. The number of ketones is 1. The lowest BCUT2D eigenvalue weighted by atomic mass is 9.48. The topological polar surface area (TPSA) is 37.3 Å². The Kier molecular flexibility index (Phi) is 3.18. The van der Waals surface area contributed by atoms with Gasteiger partial charge < -0.3 is 5.11 Å². The Morgan fingerprint density at radius 2 is 1.95 bits per heavy atom. The lowest BCUT2D eigenvalue weighted by molar-refractivity contribution is -0.121. The van der Waals surface area contributed by atoms with E-state index < -0.39 is 5.60 Å². The molecule has 0 saturated heterocycles. The normalized spacial score (nSPS) is 54.3. The van der Waals surface area contributed by atoms with Crippen molar-refractivity contribution in [3.05, 3.63) is 11.6 Å². The van der Waals surface area contributed by atoms with Gasteiger partial charge in [-0.1, -0.05) is 19.4 Å². The Hall–Kier alpha value is -0.630. The molecule has 2 heteroatoms. The molecule has 0 radical (unpaired) electrons. The van der Waals surface area contributed by atoms with E-state index in [0.29, 0.717) is 23.5 Å². The molecule has 0 bridgehead atoms. The Labute approximate surface area is 134 Å². The summed E-state index contributed by atoms with van der Waals surface area (Å²) in [4.78, 5) is 11.8. The number of allylic oxidation sites excluding steroid dienone is 1. The van der Waals surface area contributed by atoms with Crippen LogP contribution in [-0.2, 0) is 4.79 Å². The summed E-state index contributed by atoms with van der Waals surface area (Å²) in [6, 6.07) is 0. The summed E-state index contributed by atoms with van der Waals surface area (Å²) in [5.41, 5.74) is 1.08. The molecular formula is C20H30O2. The molecule has 0 aromatic rings. The molecule has 122 valence electrons. The van der Waals surface area contributed by atoms with E-state index in [1.54, 1.807) is 0 Å². The fourth-order valence-corrected chi connectivity index (χ4v) is 6.83. The van der Waals surface area contributed by atoms with Crippen LogP contribution in [0.1, 0.15) is 65.7 Å². The van der Waals surface area contributed by atoms with Crippen molar-refractivity contribution >= 4 is 5.78 Å². The van der Waals surface area contributed by atoms with E-state index in [9.17, 15) is 9.90 Å². The first-order valence-corrected chi connectivity index (χ1v) is 9.29. The third-order valence-electron chi connectivity index (χ3n) is 8.20. The zero-order valence-electron chi connectivity index (χ0n) is 14.3. The van der Waals surface area contributed by atoms with Gasteiger partial charge in [0.2, 0.25) is 0 Å². The van der Waals surface area contributed by atoms with Gasteiger partial charge in [0.05, 0.1) is 5.60 Å². The summed E-state index contributed by atoms with van der Waals surface area (Å²) < 4.78 is 0. The van der Waals surface area contributed by atoms with E-state index in [2.05, 4.69) is 20.8 Å². The van der Waals surface area contributed by atoms with Gasteiger partial charge in [0, 0.05) is 6.42 Å². The molecule has 4 rings (SSSR count). The fourth-order valence-electron chi connectivity index (χ4n) is 6.83. The zero-order valence-corrected chi connectivity index (χ0v) is 14.3. The van der Waals surface area contributed by atoms with Gasteiger partial charge in [-0.2, -0.15) is 0 Å². The molecule has 2 nitrogen and oxygen atoms in total. The molecule has 0 spiro atoms. The molecule has 0 aromatic heterocycles. The highest BCUT2D eigenvalue weighted by Crippen LogP contribution is 2.65. The molecule has 4 aliphatic carbocycles. The van der Waals surface area contributed by atoms with Gasteiger partial charge in [0.15, 0.2) is 5.78 Å². The summed E-state index contributed by atoms with van der Waals surface area (Å²) in [6.07, 6.45) is 9.51. The second kappa shape index (κ2) is 4.69. The van der Waals surface area contributed by atoms with Crippen LogP contribution in [0.2, 0.25) is 0 Å². The summed E-state index contributed by atoms with van der Waals surface area (Å²) in [5.74, 6) is 3.86. The number of fused-ring (bicyclic) bond motifs is 5. The van der Waals surface area contributed by atoms with Crippen molar-refractivity contribution in [2.45, 2.75) is 71.3 Å². The van der Waals surface area contributed by atoms with E-state index in [1.807, 2.05) is 6.08 Å². The monoisotopic (exact) mass is 302 g/mol. The minimum atomic E-state index is -0.485. The Bertz CT molecular complexity index is 532. The van der Waals surface area contributed by atoms with Gasteiger partial charge in [-0.05, 0) is 86.5 Å². The molecule has 0 aliphatic heterocycles. The predicted molar refractivity (Wildman–Crippen MR) is 87.3 cm³/mol. The summed E-state index contributed by atoms with van der Waals surface area (Å²) in [5, 5.41) is 10.9. The maximum atomic E-state index is 11.8. The van der Waals surface area contributed by atoms with Crippen molar-refractivity contribution in [2.75, 3.05) is 0 Å². The van der Waals surface area contributed by atoms with Crippen molar-refractivity contribution in [1.82, 2.24) is 0 Å². The van der Waals surface area contributed by atoms with Gasteiger partial charge >= 0.3 is 0 Å². The fraction of sp³-hybridized carbons (Fsp3) is 0.850.